The molecule has 0 saturated heterocycles. The first-order valence-corrected chi connectivity index (χ1v) is 4.87. The Bertz CT molecular complexity index is 379. The van der Waals surface area contributed by atoms with E-state index in [2.05, 4.69) is 6.07 Å². The van der Waals surface area contributed by atoms with Gasteiger partial charge in [0.05, 0.1) is 0 Å². The Morgan fingerprint density at radius 1 is 1.27 bits per heavy atom. The molecule has 1 aromatic carbocycles. The Kier molecular flexibility index (Phi) is 10.1. The third-order valence-electron chi connectivity index (χ3n) is 1.12. The normalized spacial score (nSPS) is 9.27. The molecule has 0 aliphatic rings. The molecule has 0 radical (unpaired) electrons. The number of Topliss-reactive ketones (excluding diaryl/α,β-unsaturated/α-hetero) is 1. The molecule has 0 atom stereocenters. The molecule has 5 nitrogen and oxygen atoms in total. The van der Waals surface area contributed by atoms with Crippen LogP contribution in [0.25, 0.3) is 0 Å². The van der Waals surface area contributed by atoms with Crippen LogP contribution in [0.5, 0.6) is 0 Å². The SMILES string of the molecule is CC(=O)c1cc[c-]cc1.O=S(=O)(O)O.[K+]. The first-order valence-electron chi connectivity index (χ1n) is 3.47. The van der Waals surface area contributed by atoms with E-state index in [-0.39, 0.29) is 57.2 Å². The van der Waals surface area contributed by atoms with E-state index < -0.39 is 10.4 Å². The number of hydrogen-bond acceptors (Lipinski definition) is 3. The Hall–Kier alpha value is 0.396. The molecule has 0 heterocycles. The van der Waals surface area contributed by atoms with E-state index in [0.717, 1.165) is 5.56 Å². The van der Waals surface area contributed by atoms with Gasteiger partial charge < -0.3 is 0 Å². The minimum Gasteiger partial charge on any atom is -0.297 e. The molecule has 0 unspecified atom stereocenters. The Labute approximate surface area is 131 Å². The monoisotopic (exact) mass is 256 g/mol. The van der Waals surface area contributed by atoms with Crippen molar-refractivity contribution in [2.75, 3.05) is 0 Å². The van der Waals surface area contributed by atoms with Crippen molar-refractivity contribution in [2.24, 2.45) is 0 Å². The van der Waals surface area contributed by atoms with Gasteiger partial charge in [0.1, 0.15) is 5.78 Å². The van der Waals surface area contributed by atoms with Gasteiger partial charge in [-0.1, -0.05) is 5.56 Å². The van der Waals surface area contributed by atoms with Crippen molar-refractivity contribution in [1.29, 1.82) is 0 Å². The van der Waals surface area contributed by atoms with Crippen molar-refractivity contribution in [3.63, 3.8) is 0 Å². The maximum Gasteiger partial charge on any atom is 1.00 e. The molecule has 0 saturated carbocycles. The molecule has 15 heavy (non-hydrogen) atoms. The summed E-state index contributed by atoms with van der Waals surface area (Å²) in [6, 6.07) is 9.81. The molecule has 0 bridgehead atoms. The summed E-state index contributed by atoms with van der Waals surface area (Å²) in [5, 5.41) is 0. The van der Waals surface area contributed by atoms with Gasteiger partial charge in [0.2, 0.25) is 0 Å². The summed E-state index contributed by atoms with van der Waals surface area (Å²) in [6.07, 6.45) is 0. The van der Waals surface area contributed by atoms with Crippen molar-refractivity contribution < 1.29 is 73.7 Å². The second kappa shape index (κ2) is 8.54. The molecule has 78 valence electrons. The molecular weight excluding hydrogens is 247 g/mol. The van der Waals surface area contributed by atoms with Crippen molar-refractivity contribution in [3.05, 3.63) is 35.9 Å². The van der Waals surface area contributed by atoms with E-state index in [9.17, 15) is 4.79 Å². The van der Waals surface area contributed by atoms with Crippen molar-refractivity contribution in [2.45, 2.75) is 6.92 Å². The Morgan fingerprint density at radius 3 is 1.80 bits per heavy atom. The summed E-state index contributed by atoms with van der Waals surface area (Å²) in [7, 11) is -4.67. The second-order valence-corrected chi connectivity index (χ2v) is 3.19. The molecule has 1 aromatic rings. The summed E-state index contributed by atoms with van der Waals surface area (Å²) in [6.45, 7) is 1.55. The molecule has 1 rings (SSSR count). The summed E-state index contributed by atoms with van der Waals surface area (Å²) < 4.78 is 31.6. The van der Waals surface area contributed by atoms with Gasteiger partial charge in [-0.25, -0.2) is 0 Å². The van der Waals surface area contributed by atoms with Gasteiger partial charge in [0.25, 0.3) is 0 Å². The molecule has 0 aliphatic carbocycles. The molecular formula is C8H9KO5S. The number of rotatable bonds is 1. The zero-order chi connectivity index (χ0) is 11.2. The largest absolute Gasteiger partial charge is 1.00 e. The average Bonchev–Trinajstić information content (AvgIpc) is 2.03. The van der Waals surface area contributed by atoms with E-state index in [1.165, 1.54) is 0 Å². The van der Waals surface area contributed by atoms with Crippen LogP contribution < -0.4 is 51.4 Å². The van der Waals surface area contributed by atoms with Crippen LogP contribution in [0.1, 0.15) is 17.3 Å². The Morgan fingerprint density at radius 2 is 1.60 bits per heavy atom. The average molecular weight is 256 g/mol. The van der Waals surface area contributed by atoms with Crippen LogP contribution in [-0.2, 0) is 10.4 Å². The summed E-state index contributed by atoms with van der Waals surface area (Å²) in [4.78, 5) is 10.6. The predicted molar refractivity (Wildman–Crippen MR) is 49.5 cm³/mol. The number of hydrogen-bond donors (Lipinski definition) is 2. The smallest absolute Gasteiger partial charge is 0.297 e. The van der Waals surface area contributed by atoms with Gasteiger partial charge in [-0.05, 0) is 6.92 Å². The molecule has 7 heteroatoms. The van der Waals surface area contributed by atoms with E-state index in [1.807, 2.05) is 0 Å². The van der Waals surface area contributed by atoms with Crippen LogP contribution in [0.4, 0.5) is 0 Å². The summed E-state index contributed by atoms with van der Waals surface area (Å²) >= 11 is 0. The van der Waals surface area contributed by atoms with Crippen LogP contribution in [0, 0.1) is 6.07 Å². The number of carbonyl (C=O) groups is 1. The van der Waals surface area contributed by atoms with Crippen molar-refractivity contribution >= 4 is 16.2 Å². The predicted octanol–water partition coefficient (Wildman–Crippen LogP) is -1.96. The molecule has 0 fully saturated rings. The third kappa shape index (κ3) is 14.4. The van der Waals surface area contributed by atoms with Gasteiger partial charge in [-0.15, -0.1) is 0 Å². The minimum atomic E-state index is -4.67. The fourth-order valence-corrected chi connectivity index (χ4v) is 0.622. The van der Waals surface area contributed by atoms with Crippen LogP contribution in [-0.4, -0.2) is 23.3 Å². The quantitative estimate of drug-likeness (QED) is 0.263. The summed E-state index contributed by atoms with van der Waals surface area (Å²) in [5.74, 6) is 0.101. The number of ketones is 1. The first kappa shape index (κ1) is 17.8. The third-order valence-corrected chi connectivity index (χ3v) is 1.12. The number of carbonyl (C=O) groups excluding carboxylic acids is 1. The second-order valence-electron chi connectivity index (χ2n) is 2.29. The van der Waals surface area contributed by atoms with Crippen LogP contribution >= 0.6 is 0 Å². The molecule has 0 aliphatic heterocycles. The fraction of sp³-hybridized carbons (Fsp3) is 0.125. The van der Waals surface area contributed by atoms with Crippen LogP contribution in [0.2, 0.25) is 0 Å². The first-order chi connectivity index (χ1) is 6.30. The van der Waals surface area contributed by atoms with E-state index >= 15 is 0 Å². The molecule has 0 amide bonds. The van der Waals surface area contributed by atoms with Gasteiger partial charge in [-0.2, -0.15) is 38.7 Å². The van der Waals surface area contributed by atoms with Crippen LogP contribution in [0.3, 0.4) is 0 Å². The molecule has 0 spiro atoms. The zero-order valence-corrected chi connectivity index (χ0v) is 12.3. The zero-order valence-electron chi connectivity index (χ0n) is 8.34. The van der Waals surface area contributed by atoms with Gasteiger partial charge >= 0.3 is 61.8 Å². The van der Waals surface area contributed by atoms with Crippen molar-refractivity contribution in [1.82, 2.24) is 0 Å². The molecule has 2 N–H and O–H groups in total. The summed E-state index contributed by atoms with van der Waals surface area (Å²) in [5.41, 5.74) is 0.744. The molecule has 0 aromatic heterocycles. The van der Waals surface area contributed by atoms with Gasteiger partial charge in [0.15, 0.2) is 0 Å². The van der Waals surface area contributed by atoms with E-state index in [4.69, 9.17) is 17.5 Å². The minimum absolute atomic E-state index is 0. The maximum atomic E-state index is 10.6. The Balaban J connectivity index is 0. The number of benzene rings is 1. The maximum absolute atomic E-state index is 10.6. The van der Waals surface area contributed by atoms with E-state index in [0.29, 0.717) is 0 Å². The van der Waals surface area contributed by atoms with Gasteiger partial charge in [-0.3, -0.25) is 13.9 Å². The topological polar surface area (TPSA) is 91.7 Å². The van der Waals surface area contributed by atoms with Crippen LogP contribution in [0.15, 0.2) is 24.3 Å². The van der Waals surface area contributed by atoms with E-state index in [1.54, 1.807) is 31.2 Å². The standard InChI is InChI=1S/C8H7O.K.H2O4S/c1-7(9)8-5-3-2-4-6-8;;1-5(2,3)4/h3-6H,1H3;;(H2,1,2,3,4)/q-1;+1;. The van der Waals surface area contributed by atoms with Crippen molar-refractivity contribution in [3.8, 4) is 0 Å². The van der Waals surface area contributed by atoms with Gasteiger partial charge in [0, 0.05) is 0 Å². The fourth-order valence-electron chi connectivity index (χ4n) is 0.622.